The quantitative estimate of drug-likeness (QED) is 0.467. The smallest absolute Gasteiger partial charge is 0.267 e. The number of amides is 1. The maximum atomic E-state index is 12.4. The Kier molecular flexibility index (Phi) is 7.74. The first kappa shape index (κ1) is 21.6. The molecule has 0 saturated carbocycles. The Morgan fingerprint density at radius 1 is 1.25 bits per heavy atom. The van der Waals surface area contributed by atoms with Crippen molar-refractivity contribution in [2.45, 2.75) is 26.8 Å². The van der Waals surface area contributed by atoms with Crippen LogP contribution in [0.15, 0.2) is 48.2 Å². The number of aryl methyl sites for hydroxylation is 1. The highest BCUT2D eigenvalue weighted by atomic mass is 35.5. The molecule has 0 spiro atoms. The van der Waals surface area contributed by atoms with Gasteiger partial charge in [-0.1, -0.05) is 40.9 Å². The molecule has 0 radical (unpaired) electrons. The summed E-state index contributed by atoms with van der Waals surface area (Å²) >= 11 is 11.8. The van der Waals surface area contributed by atoms with Gasteiger partial charge >= 0.3 is 0 Å². The molecule has 0 heterocycles. The van der Waals surface area contributed by atoms with E-state index in [2.05, 4.69) is 10.6 Å². The van der Waals surface area contributed by atoms with Crippen LogP contribution in [0.3, 0.4) is 0 Å². The largest absolute Gasteiger partial charge is 0.494 e. The Hall–Kier alpha value is -2.68. The SMILES string of the molecule is CCOc1ccc(C)cc1C(C)N/C=C(/C#N)C(=O)Nc1ccc(Cl)c(Cl)c1. The van der Waals surface area contributed by atoms with Crippen molar-refractivity contribution >= 4 is 34.8 Å². The molecular weight excluding hydrogens is 397 g/mol. The molecule has 2 N–H and O–H groups in total. The van der Waals surface area contributed by atoms with Crippen LogP contribution in [0.1, 0.15) is 31.0 Å². The van der Waals surface area contributed by atoms with Crippen LogP contribution >= 0.6 is 23.2 Å². The van der Waals surface area contributed by atoms with Crippen molar-refractivity contribution in [2.24, 2.45) is 0 Å². The number of hydrogen-bond acceptors (Lipinski definition) is 4. The summed E-state index contributed by atoms with van der Waals surface area (Å²) in [4.78, 5) is 12.4. The van der Waals surface area contributed by atoms with Gasteiger partial charge in [0.25, 0.3) is 5.91 Å². The monoisotopic (exact) mass is 417 g/mol. The van der Waals surface area contributed by atoms with Crippen molar-refractivity contribution in [3.05, 3.63) is 69.3 Å². The molecule has 0 aliphatic rings. The Bertz CT molecular complexity index is 936. The van der Waals surface area contributed by atoms with Gasteiger partial charge < -0.3 is 15.4 Å². The van der Waals surface area contributed by atoms with Gasteiger partial charge in [0.15, 0.2) is 0 Å². The molecule has 1 atom stereocenters. The molecule has 2 rings (SSSR count). The van der Waals surface area contributed by atoms with Crippen LogP contribution in [0.5, 0.6) is 5.75 Å². The van der Waals surface area contributed by atoms with E-state index in [4.69, 9.17) is 27.9 Å². The van der Waals surface area contributed by atoms with Crippen LogP contribution in [-0.2, 0) is 4.79 Å². The normalized spacial score (nSPS) is 12.1. The van der Waals surface area contributed by atoms with Crippen molar-refractivity contribution in [3.63, 3.8) is 0 Å². The van der Waals surface area contributed by atoms with Gasteiger partial charge in [-0.3, -0.25) is 4.79 Å². The molecule has 2 aromatic carbocycles. The number of carbonyl (C=O) groups excluding carboxylic acids is 1. The fourth-order valence-electron chi connectivity index (χ4n) is 2.51. The standard InChI is InChI=1S/C21H21Cl2N3O2/c1-4-28-20-8-5-13(2)9-17(20)14(3)25-12-15(11-24)21(27)26-16-6-7-18(22)19(23)10-16/h5-10,12,14,25H,4H2,1-3H3,(H,26,27)/b15-12-. The van der Waals surface area contributed by atoms with Crippen LogP contribution in [0, 0.1) is 18.3 Å². The van der Waals surface area contributed by atoms with Gasteiger partial charge in [-0.2, -0.15) is 5.26 Å². The van der Waals surface area contributed by atoms with E-state index in [0.29, 0.717) is 22.3 Å². The maximum Gasteiger partial charge on any atom is 0.267 e. The number of ether oxygens (including phenoxy) is 1. The third kappa shape index (κ3) is 5.66. The van der Waals surface area contributed by atoms with E-state index in [0.717, 1.165) is 16.9 Å². The zero-order valence-electron chi connectivity index (χ0n) is 15.8. The molecule has 146 valence electrons. The number of rotatable bonds is 7. The zero-order chi connectivity index (χ0) is 20.7. The van der Waals surface area contributed by atoms with Crippen LogP contribution < -0.4 is 15.4 Å². The zero-order valence-corrected chi connectivity index (χ0v) is 17.4. The molecule has 0 aliphatic heterocycles. The second kappa shape index (κ2) is 10.0. The lowest BCUT2D eigenvalue weighted by atomic mass is 10.0. The minimum absolute atomic E-state index is 0.0662. The fraction of sp³-hybridized carbons (Fsp3) is 0.238. The number of hydrogen-bond donors (Lipinski definition) is 2. The van der Waals surface area contributed by atoms with Gasteiger partial charge in [-0.15, -0.1) is 0 Å². The highest BCUT2D eigenvalue weighted by Crippen LogP contribution is 2.27. The Balaban J connectivity index is 2.14. The van der Waals surface area contributed by atoms with E-state index in [1.165, 1.54) is 12.3 Å². The van der Waals surface area contributed by atoms with Crippen LogP contribution in [0.25, 0.3) is 0 Å². The molecule has 5 nitrogen and oxygen atoms in total. The molecule has 0 fully saturated rings. The number of nitriles is 1. The molecular formula is C21H21Cl2N3O2. The number of benzene rings is 2. The van der Waals surface area contributed by atoms with Gasteiger partial charge in [-0.25, -0.2) is 0 Å². The average molecular weight is 418 g/mol. The molecule has 7 heteroatoms. The minimum atomic E-state index is -0.546. The summed E-state index contributed by atoms with van der Waals surface area (Å²) in [7, 11) is 0. The van der Waals surface area contributed by atoms with E-state index in [1.54, 1.807) is 12.1 Å². The van der Waals surface area contributed by atoms with E-state index in [1.807, 2.05) is 45.0 Å². The number of carbonyl (C=O) groups is 1. The summed E-state index contributed by atoms with van der Waals surface area (Å²) in [6.45, 7) is 6.39. The van der Waals surface area contributed by atoms with Gasteiger partial charge in [0, 0.05) is 17.5 Å². The predicted molar refractivity (Wildman–Crippen MR) is 113 cm³/mol. The molecule has 0 aromatic heterocycles. The maximum absolute atomic E-state index is 12.4. The Morgan fingerprint density at radius 3 is 2.64 bits per heavy atom. The van der Waals surface area contributed by atoms with E-state index >= 15 is 0 Å². The molecule has 0 aliphatic carbocycles. The number of halogens is 2. The molecule has 2 aromatic rings. The first-order chi connectivity index (χ1) is 13.3. The first-order valence-electron chi connectivity index (χ1n) is 8.71. The van der Waals surface area contributed by atoms with Crippen molar-refractivity contribution in [1.29, 1.82) is 5.26 Å². The molecule has 28 heavy (non-hydrogen) atoms. The van der Waals surface area contributed by atoms with Gasteiger partial charge in [-0.05, 0) is 45.0 Å². The van der Waals surface area contributed by atoms with Crippen LogP contribution in [0.2, 0.25) is 10.0 Å². The highest BCUT2D eigenvalue weighted by Gasteiger charge is 2.14. The Labute approximate surface area is 174 Å². The molecule has 0 saturated heterocycles. The van der Waals surface area contributed by atoms with Crippen LogP contribution in [0.4, 0.5) is 5.69 Å². The third-order valence-electron chi connectivity index (χ3n) is 3.95. The van der Waals surface area contributed by atoms with Crippen molar-refractivity contribution < 1.29 is 9.53 Å². The van der Waals surface area contributed by atoms with E-state index in [-0.39, 0.29) is 11.6 Å². The second-order valence-electron chi connectivity index (χ2n) is 6.12. The topological polar surface area (TPSA) is 74.1 Å². The number of nitrogens with one attached hydrogen (secondary N) is 2. The third-order valence-corrected chi connectivity index (χ3v) is 4.69. The van der Waals surface area contributed by atoms with Crippen LogP contribution in [-0.4, -0.2) is 12.5 Å². The highest BCUT2D eigenvalue weighted by molar-refractivity contribution is 6.42. The Morgan fingerprint density at radius 2 is 2.00 bits per heavy atom. The number of nitrogens with zero attached hydrogens (tertiary/aromatic N) is 1. The minimum Gasteiger partial charge on any atom is -0.494 e. The molecule has 1 unspecified atom stereocenters. The van der Waals surface area contributed by atoms with E-state index in [9.17, 15) is 10.1 Å². The second-order valence-corrected chi connectivity index (χ2v) is 6.93. The summed E-state index contributed by atoms with van der Waals surface area (Å²) in [5.41, 5.74) is 2.42. The molecule has 1 amide bonds. The predicted octanol–water partition coefficient (Wildman–Crippen LogP) is 5.40. The lowest BCUT2D eigenvalue weighted by Gasteiger charge is -2.18. The lowest BCUT2D eigenvalue weighted by Crippen LogP contribution is -2.19. The lowest BCUT2D eigenvalue weighted by molar-refractivity contribution is -0.112. The molecule has 0 bridgehead atoms. The summed E-state index contributed by atoms with van der Waals surface area (Å²) in [6, 6.07) is 12.3. The van der Waals surface area contributed by atoms with Crippen molar-refractivity contribution in [3.8, 4) is 11.8 Å². The van der Waals surface area contributed by atoms with Crippen molar-refractivity contribution in [2.75, 3.05) is 11.9 Å². The summed E-state index contributed by atoms with van der Waals surface area (Å²) in [5, 5.41) is 15.8. The van der Waals surface area contributed by atoms with Gasteiger partial charge in [0.2, 0.25) is 0 Å². The van der Waals surface area contributed by atoms with E-state index < -0.39 is 5.91 Å². The summed E-state index contributed by atoms with van der Waals surface area (Å²) in [6.07, 6.45) is 1.40. The summed E-state index contributed by atoms with van der Waals surface area (Å²) < 4.78 is 5.67. The van der Waals surface area contributed by atoms with Gasteiger partial charge in [0.1, 0.15) is 17.4 Å². The van der Waals surface area contributed by atoms with Gasteiger partial charge in [0.05, 0.1) is 22.7 Å². The summed E-state index contributed by atoms with van der Waals surface area (Å²) in [5.74, 6) is 0.218. The average Bonchev–Trinajstić information content (AvgIpc) is 2.66. The number of anilines is 1. The first-order valence-corrected chi connectivity index (χ1v) is 9.47. The fourth-order valence-corrected chi connectivity index (χ4v) is 2.81. The van der Waals surface area contributed by atoms with Crippen molar-refractivity contribution in [1.82, 2.24) is 5.32 Å².